The molecule has 2 N–H and O–H groups in total. The van der Waals surface area contributed by atoms with Crippen LogP contribution in [0, 0.1) is 5.82 Å². The summed E-state index contributed by atoms with van der Waals surface area (Å²) in [6.07, 6.45) is 2.60. The van der Waals surface area contributed by atoms with E-state index >= 15 is 0 Å². The molecule has 2 heterocycles. The standard InChI is InChI=1S/C16H16FN3O3.ClH/c1-2-19-9-11(16(22)23)15(21)10-7-12(17)14(8-13(10)19)20-5-3-18-4-6-20;/h2,7-9,18H,1,3-6H2,(H,22,23);1H. The first-order chi connectivity index (χ1) is 11.0. The van der Waals surface area contributed by atoms with Crippen molar-refractivity contribution in [3.8, 4) is 0 Å². The Morgan fingerprint density at radius 3 is 2.58 bits per heavy atom. The summed E-state index contributed by atoms with van der Waals surface area (Å²) in [5, 5.41) is 12.3. The normalized spacial score (nSPS) is 14.3. The van der Waals surface area contributed by atoms with Gasteiger partial charge in [0, 0.05) is 44.0 Å². The topological polar surface area (TPSA) is 74.6 Å². The minimum absolute atomic E-state index is 0. The number of anilines is 1. The minimum Gasteiger partial charge on any atom is -0.477 e. The van der Waals surface area contributed by atoms with Gasteiger partial charge in [0.05, 0.1) is 11.2 Å². The molecule has 1 saturated heterocycles. The minimum atomic E-state index is -1.35. The summed E-state index contributed by atoms with van der Waals surface area (Å²) < 4.78 is 15.9. The second kappa shape index (κ2) is 7.02. The number of aromatic nitrogens is 1. The molecule has 0 unspecified atom stereocenters. The first-order valence-corrected chi connectivity index (χ1v) is 7.23. The van der Waals surface area contributed by atoms with Gasteiger partial charge in [0.15, 0.2) is 0 Å². The fourth-order valence-corrected chi connectivity index (χ4v) is 2.81. The average molecular weight is 354 g/mol. The van der Waals surface area contributed by atoms with Crippen LogP contribution in [0.5, 0.6) is 0 Å². The number of hydrogen-bond donors (Lipinski definition) is 2. The largest absolute Gasteiger partial charge is 0.477 e. The molecule has 24 heavy (non-hydrogen) atoms. The number of benzene rings is 1. The van der Waals surface area contributed by atoms with E-state index in [1.807, 2.05) is 4.90 Å². The van der Waals surface area contributed by atoms with Crippen LogP contribution in [-0.4, -0.2) is 41.8 Å². The van der Waals surface area contributed by atoms with Gasteiger partial charge in [-0.15, -0.1) is 12.4 Å². The lowest BCUT2D eigenvalue weighted by atomic mass is 10.1. The number of halogens is 2. The number of carboxylic acid groups (broad SMARTS) is 1. The molecule has 6 nitrogen and oxygen atoms in total. The molecule has 128 valence electrons. The predicted molar refractivity (Wildman–Crippen MR) is 93.8 cm³/mol. The highest BCUT2D eigenvalue weighted by atomic mass is 35.5. The Hall–Kier alpha value is -2.38. The first kappa shape index (κ1) is 18.0. The second-order valence-electron chi connectivity index (χ2n) is 5.32. The zero-order valence-corrected chi connectivity index (χ0v) is 13.6. The average Bonchev–Trinajstić information content (AvgIpc) is 2.55. The third-order valence-electron chi connectivity index (χ3n) is 3.99. The number of carboxylic acids is 1. The molecule has 0 saturated carbocycles. The highest BCUT2D eigenvalue weighted by Crippen LogP contribution is 2.25. The molecule has 0 bridgehead atoms. The lowest BCUT2D eigenvalue weighted by molar-refractivity contribution is 0.0695. The van der Waals surface area contributed by atoms with Gasteiger partial charge in [-0.3, -0.25) is 4.79 Å². The van der Waals surface area contributed by atoms with Gasteiger partial charge in [-0.2, -0.15) is 0 Å². The van der Waals surface area contributed by atoms with E-state index in [0.29, 0.717) is 24.3 Å². The number of piperazine rings is 1. The summed E-state index contributed by atoms with van der Waals surface area (Å²) in [7, 11) is 0. The van der Waals surface area contributed by atoms with Crippen molar-refractivity contribution in [2.24, 2.45) is 0 Å². The Kier molecular flexibility index (Phi) is 5.26. The molecule has 1 aromatic heterocycles. The number of rotatable bonds is 3. The molecule has 0 radical (unpaired) electrons. The van der Waals surface area contributed by atoms with Crippen molar-refractivity contribution in [3.05, 3.63) is 46.5 Å². The Morgan fingerprint density at radius 1 is 1.33 bits per heavy atom. The summed E-state index contributed by atoms with van der Waals surface area (Å²) in [5.74, 6) is -1.88. The van der Waals surface area contributed by atoms with Crippen LogP contribution in [-0.2, 0) is 0 Å². The molecule has 0 aliphatic carbocycles. The van der Waals surface area contributed by atoms with Crippen molar-refractivity contribution in [2.45, 2.75) is 0 Å². The SMILES string of the molecule is C=Cn1cc(C(=O)O)c(=O)c2cc(F)c(N3CCNCC3)cc21.Cl. The van der Waals surface area contributed by atoms with Crippen LogP contribution in [0.1, 0.15) is 10.4 Å². The van der Waals surface area contributed by atoms with E-state index in [1.54, 1.807) is 6.07 Å². The van der Waals surface area contributed by atoms with Gasteiger partial charge in [-0.1, -0.05) is 6.58 Å². The van der Waals surface area contributed by atoms with Crippen LogP contribution in [0.4, 0.5) is 10.1 Å². The van der Waals surface area contributed by atoms with Gasteiger partial charge in [-0.05, 0) is 12.1 Å². The van der Waals surface area contributed by atoms with Gasteiger partial charge in [0.2, 0.25) is 5.43 Å². The quantitative estimate of drug-likeness (QED) is 0.879. The van der Waals surface area contributed by atoms with Gasteiger partial charge in [-0.25, -0.2) is 9.18 Å². The fourth-order valence-electron chi connectivity index (χ4n) is 2.81. The van der Waals surface area contributed by atoms with E-state index in [-0.39, 0.29) is 17.8 Å². The maximum atomic E-state index is 14.5. The van der Waals surface area contributed by atoms with Crippen molar-refractivity contribution in [1.82, 2.24) is 9.88 Å². The monoisotopic (exact) mass is 353 g/mol. The number of nitrogens with one attached hydrogen (secondary N) is 1. The van der Waals surface area contributed by atoms with Crippen LogP contribution in [0.2, 0.25) is 0 Å². The second-order valence-corrected chi connectivity index (χ2v) is 5.32. The van der Waals surface area contributed by atoms with E-state index in [9.17, 15) is 14.0 Å². The van der Waals surface area contributed by atoms with Gasteiger partial charge in [0.1, 0.15) is 11.4 Å². The van der Waals surface area contributed by atoms with Crippen LogP contribution < -0.4 is 15.6 Å². The van der Waals surface area contributed by atoms with E-state index in [1.165, 1.54) is 17.0 Å². The molecular formula is C16H17ClFN3O3. The number of hydrogen-bond acceptors (Lipinski definition) is 4. The van der Waals surface area contributed by atoms with E-state index < -0.39 is 22.8 Å². The molecule has 1 aliphatic heterocycles. The highest BCUT2D eigenvalue weighted by Gasteiger charge is 2.19. The van der Waals surface area contributed by atoms with Crippen LogP contribution in [0.3, 0.4) is 0 Å². The van der Waals surface area contributed by atoms with Crippen molar-refractivity contribution >= 4 is 41.2 Å². The zero-order chi connectivity index (χ0) is 16.6. The van der Waals surface area contributed by atoms with Gasteiger partial charge in [0.25, 0.3) is 0 Å². The van der Waals surface area contributed by atoms with E-state index in [2.05, 4.69) is 11.9 Å². The number of nitrogens with zero attached hydrogens (tertiary/aromatic N) is 2. The maximum absolute atomic E-state index is 14.5. The maximum Gasteiger partial charge on any atom is 0.341 e. The third kappa shape index (κ3) is 3.00. The van der Waals surface area contributed by atoms with E-state index in [0.717, 1.165) is 19.2 Å². The summed E-state index contributed by atoms with van der Waals surface area (Å²) in [4.78, 5) is 25.3. The number of carbonyl (C=O) groups is 1. The highest BCUT2D eigenvalue weighted by molar-refractivity contribution is 5.94. The number of pyridine rings is 1. The summed E-state index contributed by atoms with van der Waals surface area (Å²) in [6.45, 7) is 6.46. The third-order valence-corrected chi connectivity index (χ3v) is 3.99. The zero-order valence-electron chi connectivity index (χ0n) is 12.8. The molecule has 1 aliphatic rings. The molecule has 0 atom stereocenters. The van der Waals surface area contributed by atoms with Crippen molar-refractivity contribution in [2.75, 3.05) is 31.1 Å². The Morgan fingerprint density at radius 2 is 2.00 bits per heavy atom. The summed E-state index contributed by atoms with van der Waals surface area (Å²) in [5.41, 5.74) is -0.273. The van der Waals surface area contributed by atoms with Crippen molar-refractivity contribution in [1.29, 1.82) is 0 Å². The fraction of sp³-hybridized carbons (Fsp3) is 0.250. The molecule has 8 heteroatoms. The van der Waals surface area contributed by atoms with Gasteiger partial charge < -0.3 is 19.9 Å². The number of fused-ring (bicyclic) bond motifs is 1. The van der Waals surface area contributed by atoms with Crippen molar-refractivity contribution in [3.63, 3.8) is 0 Å². The molecular weight excluding hydrogens is 337 g/mol. The summed E-state index contributed by atoms with van der Waals surface area (Å²) in [6, 6.07) is 2.69. The van der Waals surface area contributed by atoms with E-state index in [4.69, 9.17) is 5.11 Å². The molecule has 0 amide bonds. The van der Waals surface area contributed by atoms with Crippen LogP contribution in [0.25, 0.3) is 17.1 Å². The van der Waals surface area contributed by atoms with Crippen molar-refractivity contribution < 1.29 is 14.3 Å². The van der Waals surface area contributed by atoms with Crippen LogP contribution in [0.15, 0.2) is 29.7 Å². The lowest BCUT2D eigenvalue weighted by Crippen LogP contribution is -2.43. The molecule has 2 aromatic rings. The predicted octanol–water partition coefficient (Wildman–Crippen LogP) is 1.77. The Bertz CT molecular complexity index is 860. The first-order valence-electron chi connectivity index (χ1n) is 7.23. The molecule has 0 spiro atoms. The number of aromatic carboxylic acids is 1. The van der Waals surface area contributed by atoms with Gasteiger partial charge >= 0.3 is 5.97 Å². The summed E-state index contributed by atoms with van der Waals surface area (Å²) >= 11 is 0. The Balaban J connectivity index is 0.00000208. The molecule has 3 rings (SSSR count). The Labute approximate surface area is 143 Å². The lowest BCUT2D eigenvalue weighted by Gasteiger charge is -2.30. The molecule has 1 fully saturated rings. The van der Waals surface area contributed by atoms with Crippen LogP contribution >= 0.6 is 12.4 Å². The smallest absolute Gasteiger partial charge is 0.341 e. The molecule has 1 aromatic carbocycles.